The molecule has 19 N–H and O–H groups in total. The van der Waals surface area contributed by atoms with Gasteiger partial charge < -0.3 is 184 Å². The number of carbonyl (C=O) groups excluding carboxylic acids is 6. The van der Waals surface area contributed by atoms with E-state index in [1.165, 1.54) is 0 Å². The summed E-state index contributed by atoms with van der Waals surface area (Å²) >= 11 is 0. The van der Waals surface area contributed by atoms with Crippen LogP contribution in [-0.2, 0) is 125 Å². The minimum Gasteiger partial charge on any atom is -0.445 e. The quantitative estimate of drug-likeness (QED) is 0.0248. The molecule has 43 nitrogen and oxygen atoms in total. The second-order valence-corrected chi connectivity index (χ2v) is 37.0. The molecule has 8 fully saturated rings. The standard InChI is InChI=1S/C51H69N3O18.C50H67N3O19/c1-5-32-38(56)40(58)35(53-50(62)65-25-29-19-13-9-14-20-29)46(67-32)70-43-27(4)23-31(52-49(61)64-24-28-17-11-8-12-18-28)37(55)45(43)72-48-42(60)44(34(7-3)69-48)71-47-36(41(59)39(57)33(6-2)68-47)54-51(63)66-26-30-21-15-10-16-22-30;1-4-31-37(56)39(58)34(52-49(62)65-24-28-17-11-7-12-18-28)45(67-31)70-42-26(3)21-30(51-48(61)64-23-27-15-9-6-10-16-27)36(55)44(42)72-47-41(60)43(33(22-54)69-47)71-46-35(40(59)38(57)32(5-2)68-46)53-50(63)66-25-29-19-13-8-14-20-29/h8-22,27,31-48,55-60H,5-7,23-26H2,1-4H3,(H,52,61)(H,53,62)(H,54,63);6-20,26,30-47,54-60H,4-5,21-25H2,1-3H3,(H,51,61)(H,52,62)(H,53,63)/t27-,31+,32+,33+,34+,35+,36+,37-,38+,39+,40+,41+,42+,43+,44+,45+,46+,47+,48-;26-,30+,31+,32+,33+,34+,35+,36-,37+,38+,39+,40+,41+,42+,43+,44+,45+,46+,47-/m00/s1. The van der Waals surface area contributed by atoms with E-state index in [0.29, 0.717) is 27.8 Å². The molecule has 6 aromatic rings. The molecule has 0 spiro atoms. The smallest absolute Gasteiger partial charge is 0.407 e. The summed E-state index contributed by atoms with van der Waals surface area (Å²) in [5.41, 5.74) is 4.19. The fourth-order valence-corrected chi connectivity index (χ4v) is 18.8. The van der Waals surface area contributed by atoms with Crippen molar-refractivity contribution in [3.05, 3.63) is 215 Å². The molecule has 0 radical (unpaired) electrons. The van der Waals surface area contributed by atoms with Crippen LogP contribution < -0.4 is 31.9 Å². The van der Waals surface area contributed by atoms with Gasteiger partial charge in [-0.3, -0.25) is 0 Å². The molecule has 2 saturated carbocycles. The lowest BCUT2D eigenvalue weighted by atomic mass is 9.80. The molecule has 792 valence electrons. The number of nitrogens with one attached hydrogen (secondary N) is 6. The summed E-state index contributed by atoms with van der Waals surface area (Å²) in [6.45, 7) is 10.7. The number of alkyl carbamates (subject to hydrolysis) is 6. The topological polar surface area (TPSA) is 604 Å². The van der Waals surface area contributed by atoms with Gasteiger partial charge in [0.05, 0.1) is 61.4 Å². The molecule has 6 heterocycles. The van der Waals surface area contributed by atoms with Crippen LogP contribution in [0.4, 0.5) is 28.8 Å². The van der Waals surface area contributed by atoms with Crippen molar-refractivity contribution in [3.63, 3.8) is 0 Å². The Morgan fingerprint density at radius 3 is 0.681 bits per heavy atom. The third-order valence-electron chi connectivity index (χ3n) is 26.9. The van der Waals surface area contributed by atoms with E-state index < -0.39 is 275 Å². The maximum absolute atomic E-state index is 13.3. The van der Waals surface area contributed by atoms with E-state index >= 15 is 0 Å². The zero-order chi connectivity index (χ0) is 103. The summed E-state index contributed by atoms with van der Waals surface area (Å²) < 4.78 is 108. The van der Waals surface area contributed by atoms with Crippen LogP contribution in [0, 0.1) is 11.8 Å². The number of ether oxygens (including phenoxy) is 18. The van der Waals surface area contributed by atoms with Crippen molar-refractivity contribution in [1.82, 2.24) is 31.9 Å². The van der Waals surface area contributed by atoms with Crippen molar-refractivity contribution in [3.8, 4) is 0 Å². The molecule has 0 aromatic heterocycles. The van der Waals surface area contributed by atoms with Crippen molar-refractivity contribution >= 4 is 36.6 Å². The van der Waals surface area contributed by atoms with E-state index in [0.717, 1.165) is 5.56 Å². The molecule has 144 heavy (non-hydrogen) atoms. The highest BCUT2D eigenvalue weighted by Gasteiger charge is 2.60. The zero-order valence-electron chi connectivity index (χ0n) is 80.8. The SMILES string of the molecule is CC[C@H]1O[C@H](O[C@H]2[C@H](O[C@@H]3O[C@H](CC)[C@@H](O[C@H]4O[C@H](CC)[C@@H](O)[C@H](O)[C@H]4NC(=O)OCc4ccccc4)[C@H]3O)[C@@H](O)[C@H](NC(=O)OCc3ccccc3)C[C@@H]2C)[C@H](NC(=O)OCc2ccccc2)[C@@H](O)[C@@H]1O.CC[C@H]1O[C@H](O[C@H]2[C@H](O[C@@H]3O[C@H](CO)[C@@H](O[C@H]4O[C@H](CC)[C@@H](O)[C@H](O)[C@H]4NC(=O)OCc4ccccc4)[C@H]3O)[C@@H](O)[C@H](NC(=O)OCc3ccccc3)C[C@@H]2C)[C@H](NC(=O)OCc2ccccc2)[C@@H](O)[C@@H]1O. The molecule has 6 aliphatic heterocycles. The number of rotatable bonds is 36. The van der Waals surface area contributed by atoms with Crippen LogP contribution in [0.1, 0.15) is 127 Å². The van der Waals surface area contributed by atoms with Crippen molar-refractivity contribution < 1.29 is 180 Å². The van der Waals surface area contributed by atoms with Crippen LogP contribution in [0.5, 0.6) is 0 Å². The fraction of sp³-hybridized carbons (Fsp3) is 0.584. The van der Waals surface area contributed by atoms with E-state index in [-0.39, 0.29) is 84.6 Å². The summed E-state index contributed by atoms with van der Waals surface area (Å²) in [5.74, 6) is -1.26. The van der Waals surface area contributed by atoms with E-state index in [1.54, 1.807) is 206 Å². The Morgan fingerprint density at radius 2 is 0.451 bits per heavy atom. The zero-order valence-corrected chi connectivity index (χ0v) is 80.8. The second kappa shape index (κ2) is 53.5. The monoisotopic (exact) mass is 2020 g/mol. The summed E-state index contributed by atoms with van der Waals surface area (Å²) in [5, 5.41) is 164. The predicted octanol–water partition coefficient (Wildman–Crippen LogP) is 3.86. The van der Waals surface area contributed by atoms with Crippen LogP contribution in [0.2, 0.25) is 0 Å². The Morgan fingerprint density at radius 1 is 0.250 bits per heavy atom. The van der Waals surface area contributed by atoms with Crippen molar-refractivity contribution in [2.75, 3.05) is 6.61 Å². The summed E-state index contributed by atoms with van der Waals surface area (Å²) in [4.78, 5) is 79.2. The van der Waals surface area contributed by atoms with Gasteiger partial charge in [0.25, 0.3) is 0 Å². The first-order valence-electron chi connectivity index (χ1n) is 48.8. The molecule has 14 rings (SSSR count). The van der Waals surface area contributed by atoms with Crippen molar-refractivity contribution in [2.45, 2.75) is 354 Å². The molecule has 0 unspecified atom stereocenters. The Bertz CT molecular complexity index is 4600. The van der Waals surface area contributed by atoms with E-state index in [2.05, 4.69) is 31.9 Å². The lowest BCUT2D eigenvalue weighted by molar-refractivity contribution is -0.315. The van der Waals surface area contributed by atoms with Gasteiger partial charge in [0.2, 0.25) is 0 Å². The van der Waals surface area contributed by atoms with Gasteiger partial charge in [-0.1, -0.05) is 230 Å². The van der Waals surface area contributed by atoms with E-state index in [4.69, 9.17) is 85.3 Å². The van der Waals surface area contributed by atoms with Crippen LogP contribution >= 0.6 is 0 Å². The fourth-order valence-electron chi connectivity index (χ4n) is 18.8. The normalized spacial score (nSPS) is 35.7. The number of benzene rings is 6. The number of amides is 6. The minimum atomic E-state index is -1.80. The average molecular weight is 2030 g/mol. The molecule has 8 aliphatic rings. The molecule has 6 amide bonds. The van der Waals surface area contributed by atoms with Gasteiger partial charge in [-0.2, -0.15) is 0 Å². The van der Waals surface area contributed by atoms with Gasteiger partial charge in [0, 0.05) is 0 Å². The van der Waals surface area contributed by atoms with E-state index in [9.17, 15) is 95.2 Å². The molecule has 2 aliphatic carbocycles. The third kappa shape index (κ3) is 28.9. The minimum absolute atomic E-state index is 0.0471. The Kier molecular flexibility index (Phi) is 41.3. The van der Waals surface area contributed by atoms with Gasteiger partial charge in [-0.15, -0.1) is 0 Å². The van der Waals surface area contributed by atoms with Gasteiger partial charge in [-0.25, -0.2) is 28.8 Å². The lowest BCUT2D eigenvalue weighted by Crippen LogP contribution is -2.67. The number of carbonyl (C=O) groups is 6. The van der Waals surface area contributed by atoms with Gasteiger partial charge in [0.15, 0.2) is 37.7 Å². The molecule has 6 aromatic carbocycles. The highest BCUT2D eigenvalue weighted by molar-refractivity contribution is 5.70. The Balaban J connectivity index is 0.000000241. The van der Waals surface area contributed by atoms with Crippen LogP contribution in [-0.4, -0.2) is 330 Å². The first-order chi connectivity index (χ1) is 69.4. The lowest BCUT2D eigenvalue weighted by Gasteiger charge is -2.48. The molecule has 38 atom stereocenters. The first-order valence-corrected chi connectivity index (χ1v) is 48.8. The largest absolute Gasteiger partial charge is 0.445 e. The molecular weight excluding hydrogens is 1890 g/mol. The van der Waals surface area contributed by atoms with Gasteiger partial charge in [-0.05, 0) is 90.2 Å². The maximum atomic E-state index is 13.3. The first kappa shape index (κ1) is 111. The number of hydrogen-bond acceptors (Lipinski definition) is 37. The third-order valence-corrected chi connectivity index (χ3v) is 26.9. The van der Waals surface area contributed by atoms with Crippen LogP contribution in [0.25, 0.3) is 0 Å². The van der Waals surface area contributed by atoms with Crippen LogP contribution in [0.15, 0.2) is 182 Å². The molecular formula is C101H136N6O37. The summed E-state index contributed by atoms with van der Waals surface area (Å²) in [6, 6.07) is 45.5. The molecule has 43 heteroatoms. The van der Waals surface area contributed by atoms with Crippen LogP contribution in [0.3, 0.4) is 0 Å². The van der Waals surface area contributed by atoms with Crippen molar-refractivity contribution in [1.29, 1.82) is 0 Å². The Labute approximate surface area is 832 Å². The molecule has 0 bridgehead atoms. The highest BCUT2D eigenvalue weighted by Crippen LogP contribution is 2.42. The van der Waals surface area contributed by atoms with Gasteiger partial charge in [0.1, 0.15) is 168 Å². The summed E-state index contributed by atoms with van der Waals surface area (Å²) in [7, 11) is 0. The second-order valence-electron chi connectivity index (χ2n) is 37.0. The van der Waals surface area contributed by atoms with Crippen molar-refractivity contribution in [2.24, 2.45) is 11.8 Å². The summed E-state index contributed by atoms with van der Waals surface area (Å²) in [6.07, 6.45) is -46.9. The maximum Gasteiger partial charge on any atom is 0.407 e. The number of aliphatic hydroxyl groups excluding tert-OH is 13. The van der Waals surface area contributed by atoms with Gasteiger partial charge >= 0.3 is 36.6 Å². The number of hydrogen-bond donors (Lipinski definition) is 19. The predicted molar refractivity (Wildman–Crippen MR) is 501 cm³/mol. The Hall–Kier alpha value is -10.1. The number of aliphatic hydroxyl groups is 13. The highest BCUT2D eigenvalue weighted by atomic mass is 16.8. The average Bonchev–Trinajstić information content (AvgIpc) is 1.70. The van der Waals surface area contributed by atoms with E-state index in [1.807, 2.05) is 24.3 Å². The molecule has 6 saturated heterocycles.